The first-order valence-corrected chi connectivity index (χ1v) is 4.57. The minimum absolute atomic E-state index is 0.0261. The summed E-state index contributed by atoms with van der Waals surface area (Å²) in [6.07, 6.45) is -4.71. The molecule has 0 aromatic carbocycles. The summed E-state index contributed by atoms with van der Waals surface area (Å²) in [5.74, 6) is 0. The van der Waals surface area contributed by atoms with Crippen molar-refractivity contribution in [1.82, 2.24) is 9.78 Å². The number of nitrogens with zero attached hydrogens (tertiary/aromatic N) is 2. The molecule has 14 heavy (non-hydrogen) atoms. The van der Waals surface area contributed by atoms with Gasteiger partial charge in [-0.05, 0) is 6.92 Å². The molecule has 1 rings (SSSR count). The van der Waals surface area contributed by atoms with Crippen molar-refractivity contribution in [1.29, 1.82) is 0 Å². The largest absolute Gasteiger partial charge is 0.436 e. The van der Waals surface area contributed by atoms with Gasteiger partial charge in [0.1, 0.15) is 4.90 Å². The minimum atomic E-state index is -4.71. The molecule has 0 saturated heterocycles. The second-order valence-electron chi connectivity index (χ2n) is 2.63. The standard InChI is InChI=1S/C6H7F3N2O2S/c1-3-4(14(12)13)5(6(7,8)9)10-11(3)2/h1-2H3,(H,12,13). The van der Waals surface area contributed by atoms with E-state index in [2.05, 4.69) is 5.10 Å². The Morgan fingerprint density at radius 1 is 1.50 bits per heavy atom. The molecule has 0 bridgehead atoms. The van der Waals surface area contributed by atoms with Gasteiger partial charge in [0, 0.05) is 7.05 Å². The summed E-state index contributed by atoms with van der Waals surface area (Å²) in [6, 6.07) is 0. The number of rotatable bonds is 1. The van der Waals surface area contributed by atoms with Gasteiger partial charge >= 0.3 is 6.18 Å². The Kier molecular flexibility index (Phi) is 2.68. The summed E-state index contributed by atoms with van der Waals surface area (Å²) >= 11 is -2.68. The molecule has 0 aliphatic heterocycles. The summed E-state index contributed by atoms with van der Waals surface area (Å²) in [4.78, 5) is -0.681. The van der Waals surface area contributed by atoms with Gasteiger partial charge < -0.3 is 4.55 Å². The Morgan fingerprint density at radius 2 is 2.00 bits per heavy atom. The van der Waals surface area contributed by atoms with Crippen LogP contribution in [0.15, 0.2) is 4.90 Å². The SMILES string of the molecule is Cc1c(S(=O)O)c(C(F)(F)F)nn1C. The Bertz CT molecular complexity index is 385. The van der Waals surface area contributed by atoms with Gasteiger partial charge in [0.2, 0.25) is 0 Å². The van der Waals surface area contributed by atoms with Crippen LogP contribution in [0, 0.1) is 6.92 Å². The van der Waals surface area contributed by atoms with Gasteiger partial charge in [-0.1, -0.05) is 0 Å². The molecule has 80 valence electrons. The van der Waals surface area contributed by atoms with Gasteiger partial charge in [0.15, 0.2) is 16.8 Å². The predicted molar refractivity (Wildman–Crippen MR) is 42.0 cm³/mol. The number of alkyl halides is 3. The molecule has 0 amide bonds. The van der Waals surface area contributed by atoms with E-state index < -0.39 is 27.8 Å². The fraction of sp³-hybridized carbons (Fsp3) is 0.500. The van der Waals surface area contributed by atoms with E-state index in [-0.39, 0.29) is 5.69 Å². The van der Waals surface area contributed by atoms with Crippen molar-refractivity contribution < 1.29 is 21.9 Å². The van der Waals surface area contributed by atoms with Crippen molar-refractivity contribution in [2.45, 2.75) is 18.0 Å². The molecule has 1 aromatic heterocycles. The lowest BCUT2D eigenvalue weighted by atomic mass is 10.3. The van der Waals surface area contributed by atoms with Crippen LogP contribution in [-0.4, -0.2) is 18.5 Å². The fourth-order valence-electron chi connectivity index (χ4n) is 0.983. The summed E-state index contributed by atoms with van der Waals surface area (Å²) in [5, 5.41) is 3.14. The Hall–Kier alpha value is -0.890. The van der Waals surface area contributed by atoms with E-state index >= 15 is 0 Å². The van der Waals surface area contributed by atoms with Gasteiger partial charge in [0.25, 0.3) is 0 Å². The van der Waals surface area contributed by atoms with Crippen LogP contribution in [0.1, 0.15) is 11.4 Å². The van der Waals surface area contributed by atoms with Crippen LogP contribution in [0.2, 0.25) is 0 Å². The van der Waals surface area contributed by atoms with E-state index in [1.165, 1.54) is 14.0 Å². The Labute approximate surface area is 80.0 Å². The lowest BCUT2D eigenvalue weighted by Crippen LogP contribution is -2.10. The van der Waals surface area contributed by atoms with E-state index in [1.54, 1.807) is 0 Å². The first-order valence-electron chi connectivity index (χ1n) is 3.46. The van der Waals surface area contributed by atoms with Crippen LogP contribution in [-0.2, 0) is 24.3 Å². The van der Waals surface area contributed by atoms with Crippen LogP contribution in [0.3, 0.4) is 0 Å². The molecule has 1 unspecified atom stereocenters. The molecule has 1 N–H and O–H groups in total. The Balaban J connectivity index is 3.45. The van der Waals surface area contributed by atoms with E-state index in [1.807, 2.05) is 0 Å². The first kappa shape index (κ1) is 11.2. The van der Waals surface area contributed by atoms with Crippen molar-refractivity contribution >= 4 is 11.1 Å². The maximum atomic E-state index is 12.3. The first-order chi connectivity index (χ1) is 6.25. The molecule has 0 saturated carbocycles. The topological polar surface area (TPSA) is 55.1 Å². The molecular weight excluding hydrogens is 221 g/mol. The molecule has 1 atom stereocenters. The van der Waals surface area contributed by atoms with Crippen molar-refractivity contribution in [3.8, 4) is 0 Å². The summed E-state index contributed by atoms with van der Waals surface area (Å²) in [6.45, 7) is 1.30. The Morgan fingerprint density at radius 3 is 2.29 bits per heavy atom. The third-order valence-corrected chi connectivity index (χ3v) is 2.56. The average molecular weight is 228 g/mol. The highest BCUT2D eigenvalue weighted by atomic mass is 32.2. The molecular formula is C6H7F3N2O2S. The third-order valence-electron chi connectivity index (χ3n) is 1.72. The van der Waals surface area contributed by atoms with E-state index in [9.17, 15) is 17.4 Å². The lowest BCUT2D eigenvalue weighted by Gasteiger charge is -2.02. The van der Waals surface area contributed by atoms with Gasteiger partial charge in [-0.3, -0.25) is 4.68 Å². The highest BCUT2D eigenvalue weighted by Gasteiger charge is 2.39. The second kappa shape index (κ2) is 3.35. The van der Waals surface area contributed by atoms with Crippen LogP contribution in [0.4, 0.5) is 13.2 Å². The van der Waals surface area contributed by atoms with Crippen molar-refractivity contribution in [3.05, 3.63) is 11.4 Å². The van der Waals surface area contributed by atoms with Gasteiger partial charge in [-0.2, -0.15) is 18.3 Å². The van der Waals surface area contributed by atoms with Crippen LogP contribution in [0.25, 0.3) is 0 Å². The average Bonchev–Trinajstić information content (AvgIpc) is 2.27. The van der Waals surface area contributed by atoms with Gasteiger partial charge in [-0.25, -0.2) is 4.21 Å². The molecule has 0 fully saturated rings. The van der Waals surface area contributed by atoms with Crippen LogP contribution in [0.5, 0.6) is 0 Å². The zero-order chi connectivity index (χ0) is 11.1. The normalized spacial score (nSPS) is 14.4. The van der Waals surface area contributed by atoms with Crippen molar-refractivity contribution in [2.75, 3.05) is 0 Å². The predicted octanol–water partition coefficient (Wildman–Crippen LogP) is 1.33. The number of aromatic nitrogens is 2. The summed E-state index contributed by atoms with van der Waals surface area (Å²) in [7, 11) is 1.28. The molecule has 0 spiro atoms. The number of aryl methyl sites for hydroxylation is 1. The van der Waals surface area contributed by atoms with E-state index in [0.29, 0.717) is 0 Å². The molecule has 8 heteroatoms. The maximum Gasteiger partial charge on any atom is 0.436 e. The van der Waals surface area contributed by atoms with Crippen molar-refractivity contribution in [3.63, 3.8) is 0 Å². The number of hydrogen-bond acceptors (Lipinski definition) is 2. The lowest BCUT2D eigenvalue weighted by molar-refractivity contribution is -0.143. The molecule has 1 heterocycles. The second-order valence-corrected chi connectivity index (χ2v) is 3.54. The monoisotopic (exact) mass is 228 g/mol. The number of hydrogen-bond donors (Lipinski definition) is 1. The number of halogens is 3. The van der Waals surface area contributed by atoms with Gasteiger partial charge in [-0.15, -0.1) is 0 Å². The van der Waals surface area contributed by atoms with E-state index in [0.717, 1.165) is 4.68 Å². The smallest absolute Gasteiger partial charge is 0.302 e. The fourth-order valence-corrected chi connectivity index (χ4v) is 1.69. The van der Waals surface area contributed by atoms with Crippen LogP contribution < -0.4 is 0 Å². The summed E-state index contributed by atoms with van der Waals surface area (Å²) < 4.78 is 57.1. The molecule has 0 aliphatic rings. The zero-order valence-electron chi connectivity index (χ0n) is 7.29. The quantitative estimate of drug-likeness (QED) is 0.738. The minimum Gasteiger partial charge on any atom is -0.302 e. The highest BCUT2D eigenvalue weighted by Crippen LogP contribution is 2.33. The van der Waals surface area contributed by atoms with Crippen molar-refractivity contribution in [2.24, 2.45) is 7.05 Å². The molecule has 0 aliphatic carbocycles. The third kappa shape index (κ3) is 1.80. The molecule has 0 radical (unpaired) electrons. The summed E-state index contributed by atoms with van der Waals surface area (Å²) in [5.41, 5.74) is -1.28. The molecule has 4 nitrogen and oxygen atoms in total. The maximum absolute atomic E-state index is 12.3. The zero-order valence-corrected chi connectivity index (χ0v) is 8.11. The highest BCUT2D eigenvalue weighted by molar-refractivity contribution is 7.79. The van der Waals surface area contributed by atoms with E-state index in [4.69, 9.17) is 4.55 Å². The van der Waals surface area contributed by atoms with Gasteiger partial charge in [0.05, 0.1) is 5.69 Å². The molecule has 1 aromatic rings. The van der Waals surface area contributed by atoms with Crippen LogP contribution >= 0.6 is 0 Å².